The van der Waals surface area contributed by atoms with Crippen molar-refractivity contribution in [3.05, 3.63) is 30.1 Å². The number of aromatic nitrogens is 2. The third kappa shape index (κ3) is 1.75. The summed E-state index contributed by atoms with van der Waals surface area (Å²) in [4.78, 5) is 17.5. The van der Waals surface area contributed by atoms with Gasteiger partial charge >= 0.3 is 0 Å². The van der Waals surface area contributed by atoms with Crippen molar-refractivity contribution in [1.29, 1.82) is 0 Å². The maximum atomic E-state index is 10.5. The Kier molecular flexibility index (Phi) is 3.20. The van der Waals surface area contributed by atoms with Gasteiger partial charge in [0, 0.05) is 18.0 Å². The zero-order chi connectivity index (χ0) is 9.68. The molecule has 0 unspecified atom stereocenters. The van der Waals surface area contributed by atoms with Crippen LogP contribution in [0.25, 0.3) is 11.0 Å². The van der Waals surface area contributed by atoms with Gasteiger partial charge in [-0.25, -0.2) is 0 Å². The number of pyridine rings is 1. The summed E-state index contributed by atoms with van der Waals surface area (Å²) in [6.07, 6.45) is 4.21. The Balaban J connectivity index is 0.000000396. The first kappa shape index (κ1) is 9.45. The first-order valence-electron chi connectivity index (χ1n) is 4.29. The van der Waals surface area contributed by atoms with Crippen LogP contribution in [0.15, 0.2) is 24.5 Å². The van der Waals surface area contributed by atoms with Crippen molar-refractivity contribution in [1.82, 2.24) is 9.97 Å². The minimum atomic E-state index is 0.653. The molecule has 0 atom stereocenters. The molecule has 3 nitrogen and oxygen atoms in total. The molecular formula is C10H12N2O. The second-order valence-electron chi connectivity index (χ2n) is 2.26. The van der Waals surface area contributed by atoms with Gasteiger partial charge in [-0.2, -0.15) is 0 Å². The standard InChI is InChI=1S/C8H6N2O.C2H6/c11-5-6-1-3-9-7-2-4-10-8(6)7;1-2/h1-5,10H;1-2H3. The van der Waals surface area contributed by atoms with Crippen LogP contribution in [0.5, 0.6) is 0 Å². The molecular weight excluding hydrogens is 164 g/mol. The van der Waals surface area contributed by atoms with Crippen molar-refractivity contribution in [3.8, 4) is 0 Å². The van der Waals surface area contributed by atoms with E-state index in [9.17, 15) is 4.79 Å². The first-order valence-corrected chi connectivity index (χ1v) is 4.29. The molecule has 13 heavy (non-hydrogen) atoms. The van der Waals surface area contributed by atoms with Gasteiger partial charge in [0.2, 0.25) is 0 Å². The lowest BCUT2D eigenvalue weighted by molar-refractivity contribution is 0.112. The monoisotopic (exact) mass is 176 g/mol. The molecule has 3 heteroatoms. The SMILES string of the molecule is CC.O=Cc1ccnc2cc[nH]c12. The second kappa shape index (κ2) is 4.40. The van der Waals surface area contributed by atoms with Gasteiger partial charge in [-0.3, -0.25) is 9.78 Å². The normalized spacial score (nSPS) is 9.08. The number of fused-ring (bicyclic) bond motifs is 1. The fourth-order valence-corrected chi connectivity index (χ4v) is 1.08. The van der Waals surface area contributed by atoms with Crippen LogP contribution < -0.4 is 0 Å². The van der Waals surface area contributed by atoms with Crippen molar-refractivity contribution in [2.75, 3.05) is 0 Å². The first-order chi connectivity index (χ1) is 6.42. The van der Waals surface area contributed by atoms with Gasteiger partial charge in [0.05, 0.1) is 11.0 Å². The van der Waals surface area contributed by atoms with Gasteiger partial charge in [-0.1, -0.05) is 13.8 Å². The molecule has 2 aromatic heterocycles. The maximum absolute atomic E-state index is 10.5. The van der Waals surface area contributed by atoms with Crippen LogP contribution in [0, 0.1) is 0 Å². The molecule has 68 valence electrons. The third-order valence-corrected chi connectivity index (χ3v) is 1.61. The van der Waals surface area contributed by atoms with E-state index in [4.69, 9.17) is 0 Å². The van der Waals surface area contributed by atoms with Crippen molar-refractivity contribution in [2.24, 2.45) is 0 Å². The highest BCUT2D eigenvalue weighted by molar-refractivity contribution is 5.93. The molecule has 0 spiro atoms. The predicted octanol–water partition coefficient (Wildman–Crippen LogP) is 2.40. The molecule has 1 N–H and O–H groups in total. The number of carbonyl (C=O) groups excluding carboxylic acids is 1. The Hall–Kier alpha value is -1.64. The number of carbonyl (C=O) groups is 1. The highest BCUT2D eigenvalue weighted by Gasteiger charge is 1.99. The number of hydrogen-bond donors (Lipinski definition) is 1. The van der Waals surface area contributed by atoms with Crippen LogP contribution in [0.1, 0.15) is 24.2 Å². The Bertz CT molecular complexity index is 392. The summed E-state index contributed by atoms with van der Waals surface area (Å²) < 4.78 is 0. The predicted molar refractivity (Wildman–Crippen MR) is 52.8 cm³/mol. The Labute approximate surface area is 76.8 Å². The van der Waals surface area contributed by atoms with E-state index in [1.807, 2.05) is 19.9 Å². The van der Waals surface area contributed by atoms with E-state index in [1.165, 1.54) is 0 Å². The van der Waals surface area contributed by atoms with Gasteiger partial charge in [0.25, 0.3) is 0 Å². The van der Waals surface area contributed by atoms with Crippen molar-refractivity contribution in [3.63, 3.8) is 0 Å². The molecule has 0 amide bonds. The van der Waals surface area contributed by atoms with Crippen molar-refractivity contribution < 1.29 is 4.79 Å². The molecule has 0 aliphatic heterocycles. The highest BCUT2D eigenvalue weighted by atomic mass is 16.1. The highest BCUT2D eigenvalue weighted by Crippen LogP contribution is 2.11. The molecule has 0 aliphatic rings. The van der Waals surface area contributed by atoms with Crippen LogP contribution in [-0.4, -0.2) is 16.3 Å². The lowest BCUT2D eigenvalue weighted by Gasteiger charge is -1.90. The summed E-state index contributed by atoms with van der Waals surface area (Å²) in [5, 5.41) is 0. The zero-order valence-corrected chi connectivity index (χ0v) is 7.74. The van der Waals surface area contributed by atoms with E-state index in [-0.39, 0.29) is 0 Å². The summed E-state index contributed by atoms with van der Waals surface area (Å²) in [6, 6.07) is 3.52. The smallest absolute Gasteiger partial charge is 0.152 e. The van der Waals surface area contributed by atoms with E-state index in [1.54, 1.807) is 18.5 Å². The number of aldehydes is 1. The van der Waals surface area contributed by atoms with Gasteiger partial charge in [-0.15, -0.1) is 0 Å². The molecule has 2 rings (SSSR count). The van der Waals surface area contributed by atoms with Gasteiger partial charge < -0.3 is 4.98 Å². The van der Waals surface area contributed by atoms with Crippen LogP contribution in [0.2, 0.25) is 0 Å². The van der Waals surface area contributed by atoms with Gasteiger partial charge in [-0.05, 0) is 12.1 Å². The Morgan fingerprint density at radius 2 is 2.15 bits per heavy atom. The van der Waals surface area contributed by atoms with E-state index in [0.29, 0.717) is 5.56 Å². The minimum absolute atomic E-state index is 0.653. The van der Waals surface area contributed by atoms with E-state index < -0.39 is 0 Å². The lowest BCUT2D eigenvalue weighted by Crippen LogP contribution is -1.83. The average molecular weight is 176 g/mol. The fourth-order valence-electron chi connectivity index (χ4n) is 1.08. The van der Waals surface area contributed by atoms with Crippen LogP contribution in [-0.2, 0) is 0 Å². The number of nitrogens with one attached hydrogen (secondary N) is 1. The minimum Gasteiger partial charge on any atom is -0.359 e. The van der Waals surface area contributed by atoms with E-state index in [2.05, 4.69) is 9.97 Å². The van der Waals surface area contributed by atoms with Crippen molar-refractivity contribution >= 4 is 17.3 Å². The number of H-pyrrole nitrogens is 1. The Morgan fingerprint density at radius 3 is 2.85 bits per heavy atom. The average Bonchev–Trinajstić information content (AvgIpc) is 2.68. The topological polar surface area (TPSA) is 45.8 Å². The van der Waals surface area contributed by atoms with Crippen LogP contribution in [0.4, 0.5) is 0 Å². The summed E-state index contributed by atoms with van der Waals surface area (Å²) in [5.41, 5.74) is 2.29. The van der Waals surface area contributed by atoms with Gasteiger partial charge in [0.15, 0.2) is 6.29 Å². The summed E-state index contributed by atoms with van der Waals surface area (Å²) in [6.45, 7) is 4.00. The molecule has 0 saturated carbocycles. The number of hydrogen-bond acceptors (Lipinski definition) is 2. The fraction of sp³-hybridized carbons (Fsp3) is 0.200. The van der Waals surface area contributed by atoms with E-state index in [0.717, 1.165) is 17.3 Å². The lowest BCUT2D eigenvalue weighted by atomic mass is 10.2. The summed E-state index contributed by atoms with van der Waals surface area (Å²) in [7, 11) is 0. The number of rotatable bonds is 1. The van der Waals surface area contributed by atoms with Gasteiger partial charge in [0.1, 0.15) is 0 Å². The third-order valence-electron chi connectivity index (χ3n) is 1.61. The number of aromatic amines is 1. The molecule has 0 fully saturated rings. The molecule has 0 saturated heterocycles. The summed E-state index contributed by atoms with van der Waals surface area (Å²) in [5.74, 6) is 0. The molecule has 0 aromatic carbocycles. The molecule has 2 heterocycles. The molecule has 0 radical (unpaired) electrons. The maximum Gasteiger partial charge on any atom is 0.152 e. The molecule has 0 bridgehead atoms. The molecule has 0 aliphatic carbocycles. The number of nitrogens with zero attached hydrogens (tertiary/aromatic N) is 1. The summed E-state index contributed by atoms with van der Waals surface area (Å²) >= 11 is 0. The van der Waals surface area contributed by atoms with Crippen LogP contribution in [0.3, 0.4) is 0 Å². The molecule has 2 aromatic rings. The van der Waals surface area contributed by atoms with Crippen LogP contribution >= 0.6 is 0 Å². The van der Waals surface area contributed by atoms with E-state index >= 15 is 0 Å². The van der Waals surface area contributed by atoms with Crippen molar-refractivity contribution in [2.45, 2.75) is 13.8 Å². The second-order valence-corrected chi connectivity index (χ2v) is 2.26. The zero-order valence-electron chi connectivity index (χ0n) is 7.74. The Morgan fingerprint density at radius 1 is 1.38 bits per heavy atom. The largest absolute Gasteiger partial charge is 0.359 e. The quantitative estimate of drug-likeness (QED) is 0.678.